The number of esters is 1. The van der Waals surface area contributed by atoms with Gasteiger partial charge in [-0.15, -0.1) is 24.0 Å². The van der Waals surface area contributed by atoms with Crippen LogP contribution in [-0.4, -0.2) is 50.6 Å². The van der Waals surface area contributed by atoms with Crippen molar-refractivity contribution >= 4 is 35.9 Å². The number of carbonyl (C=O) groups excluding carboxylic acids is 1. The zero-order valence-electron chi connectivity index (χ0n) is 14.6. The molecule has 25 heavy (non-hydrogen) atoms. The van der Waals surface area contributed by atoms with Crippen LogP contribution in [0.1, 0.15) is 12.5 Å². The highest BCUT2D eigenvalue weighted by atomic mass is 127. The fraction of sp³-hybridized carbons (Fsp3) is 0.529. The molecule has 1 aliphatic rings. The van der Waals surface area contributed by atoms with Gasteiger partial charge in [0.1, 0.15) is 11.6 Å². The van der Waals surface area contributed by atoms with Crippen molar-refractivity contribution in [2.75, 3.05) is 33.8 Å². The number of aliphatic imine (C=N–C) groups is 1. The van der Waals surface area contributed by atoms with Crippen molar-refractivity contribution in [1.82, 2.24) is 10.2 Å². The lowest BCUT2D eigenvalue weighted by molar-refractivity contribution is -0.145. The molecule has 140 valence electrons. The smallest absolute Gasteiger partial charge is 0.310 e. The van der Waals surface area contributed by atoms with E-state index in [2.05, 4.69) is 10.3 Å². The van der Waals surface area contributed by atoms with Crippen molar-refractivity contribution < 1.29 is 18.3 Å². The zero-order valence-corrected chi connectivity index (χ0v) is 16.9. The molecule has 1 aromatic rings. The Morgan fingerprint density at radius 1 is 1.32 bits per heavy atom. The van der Waals surface area contributed by atoms with E-state index in [1.165, 1.54) is 19.2 Å². The van der Waals surface area contributed by atoms with E-state index in [-0.39, 0.29) is 41.8 Å². The number of hydrogen-bond acceptors (Lipinski definition) is 3. The van der Waals surface area contributed by atoms with E-state index in [1.54, 1.807) is 7.05 Å². The maximum atomic E-state index is 13.2. The maximum Gasteiger partial charge on any atom is 0.310 e. The van der Waals surface area contributed by atoms with Gasteiger partial charge in [-0.25, -0.2) is 8.78 Å². The predicted octanol–water partition coefficient (Wildman–Crippen LogP) is 2.44. The molecule has 0 radical (unpaired) electrons. The summed E-state index contributed by atoms with van der Waals surface area (Å²) in [5.74, 6) is -0.702. The molecule has 1 heterocycles. The third kappa shape index (κ3) is 5.79. The highest BCUT2D eigenvalue weighted by Gasteiger charge is 2.36. The van der Waals surface area contributed by atoms with E-state index < -0.39 is 11.6 Å². The Morgan fingerprint density at radius 3 is 2.52 bits per heavy atom. The second-order valence-electron chi connectivity index (χ2n) is 6.01. The molecular weight excluding hydrogens is 443 g/mol. The molecule has 1 saturated heterocycles. The van der Waals surface area contributed by atoms with Gasteiger partial charge >= 0.3 is 5.97 Å². The minimum Gasteiger partial charge on any atom is -0.469 e. The van der Waals surface area contributed by atoms with Crippen LogP contribution >= 0.6 is 24.0 Å². The highest BCUT2D eigenvalue weighted by Crippen LogP contribution is 2.24. The van der Waals surface area contributed by atoms with E-state index in [9.17, 15) is 13.6 Å². The topological polar surface area (TPSA) is 53.9 Å². The lowest BCUT2D eigenvalue weighted by atomic mass is 9.99. The standard InChI is InChI=1S/C17H23F2N3O2.HI/c1-11-9-22(10-15(11)16(23)24-3)17(20-2)21-5-4-12-6-13(18)8-14(19)7-12;/h6-8,11,15H,4-5,9-10H2,1-3H3,(H,20,21);1H. The van der Waals surface area contributed by atoms with Crippen LogP contribution in [0.5, 0.6) is 0 Å². The average Bonchev–Trinajstić information content (AvgIpc) is 2.91. The summed E-state index contributed by atoms with van der Waals surface area (Å²) in [6, 6.07) is 3.49. The average molecular weight is 467 g/mol. The second-order valence-corrected chi connectivity index (χ2v) is 6.01. The molecule has 0 saturated carbocycles. The van der Waals surface area contributed by atoms with Crippen LogP contribution in [-0.2, 0) is 16.0 Å². The molecule has 1 fully saturated rings. The van der Waals surface area contributed by atoms with Crippen LogP contribution in [0.2, 0.25) is 0 Å². The molecule has 8 heteroatoms. The number of guanidine groups is 1. The first-order valence-corrected chi connectivity index (χ1v) is 7.93. The molecule has 5 nitrogen and oxygen atoms in total. The number of nitrogens with zero attached hydrogens (tertiary/aromatic N) is 2. The number of nitrogens with one attached hydrogen (secondary N) is 1. The number of rotatable bonds is 4. The molecular formula is C17H24F2IN3O2. The van der Waals surface area contributed by atoms with Crippen molar-refractivity contribution in [2.45, 2.75) is 13.3 Å². The first-order valence-electron chi connectivity index (χ1n) is 7.93. The quantitative estimate of drug-likeness (QED) is 0.320. The van der Waals surface area contributed by atoms with Crippen molar-refractivity contribution in [2.24, 2.45) is 16.8 Å². The lowest BCUT2D eigenvalue weighted by Crippen LogP contribution is -2.41. The summed E-state index contributed by atoms with van der Waals surface area (Å²) in [5.41, 5.74) is 0.581. The van der Waals surface area contributed by atoms with Crippen LogP contribution in [0.3, 0.4) is 0 Å². The van der Waals surface area contributed by atoms with Gasteiger partial charge in [0.05, 0.1) is 13.0 Å². The van der Waals surface area contributed by atoms with Crippen LogP contribution < -0.4 is 5.32 Å². The van der Waals surface area contributed by atoms with Gasteiger partial charge in [-0.05, 0) is 30.0 Å². The minimum absolute atomic E-state index is 0. The third-order valence-electron chi connectivity index (χ3n) is 4.25. The molecule has 0 aromatic heterocycles. The van der Waals surface area contributed by atoms with Crippen molar-refractivity contribution in [1.29, 1.82) is 0 Å². The van der Waals surface area contributed by atoms with Gasteiger partial charge in [-0.2, -0.15) is 0 Å². The van der Waals surface area contributed by atoms with E-state index in [4.69, 9.17) is 4.74 Å². The fourth-order valence-electron chi connectivity index (χ4n) is 3.00. The van der Waals surface area contributed by atoms with E-state index >= 15 is 0 Å². The van der Waals surface area contributed by atoms with Crippen molar-refractivity contribution in [3.05, 3.63) is 35.4 Å². The molecule has 0 spiro atoms. The maximum absolute atomic E-state index is 13.2. The Bertz CT molecular complexity index is 608. The molecule has 0 amide bonds. The Hall–Kier alpha value is -1.45. The van der Waals surface area contributed by atoms with Gasteiger partial charge in [-0.3, -0.25) is 9.79 Å². The Kier molecular flexibility index (Phi) is 8.54. The zero-order chi connectivity index (χ0) is 17.7. The molecule has 1 aromatic carbocycles. The Balaban J connectivity index is 0.00000312. The number of ether oxygens (including phenoxy) is 1. The van der Waals surface area contributed by atoms with Crippen LogP contribution in [0, 0.1) is 23.5 Å². The predicted molar refractivity (Wildman–Crippen MR) is 103 cm³/mol. The summed E-state index contributed by atoms with van der Waals surface area (Å²) >= 11 is 0. The summed E-state index contributed by atoms with van der Waals surface area (Å²) in [6.45, 7) is 3.74. The fourth-order valence-corrected chi connectivity index (χ4v) is 3.00. The number of halogens is 3. The van der Waals surface area contributed by atoms with Gasteiger partial charge in [0.2, 0.25) is 0 Å². The molecule has 1 aliphatic heterocycles. The number of benzene rings is 1. The molecule has 2 unspecified atom stereocenters. The Labute approximate surface area is 163 Å². The summed E-state index contributed by atoms with van der Waals surface area (Å²) in [5, 5.41) is 3.18. The second kappa shape index (κ2) is 9.88. The number of likely N-dealkylation sites (tertiary alicyclic amines) is 1. The van der Waals surface area contributed by atoms with Gasteiger partial charge in [0.25, 0.3) is 0 Å². The van der Waals surface area contributed by atoms with Crippen molar-refractivity contribution in [3.8, 4) is 0 Å². The molecule has 1 N–H and O–H groups in total. The Morgan fingerprint density at radius 2 is 1.96 bits per heavy atom. The third-order valence-corrected chi connectivity index (χ3v) is 4.25. The normalized spacial score (nSPS) is 20.2. The summed E-state index contributed by atoms with van der Waals surface area (Å²) in [4.78, 5) is 18.0. The molecule has 2 rings (SSSR count). The number of hydrogen-bond donors (Lipinski definition) is 1. The van der Waals surface area contributed by atoms with Crippen LogP contribution in [0.25, 0.3) is 0 Å². The minimum atomic E-state index is -0.580. The van der Waals surface area contributed by atoms with Crippen LogP contribution in [0.4, 0.5) is 8.78 Å². The number of carbonyl (C=O) groups is 1. The molecule has 0 aliphatic carbocycles. The van der Waals surface area contributed by atoms with E-state index in [0.29, 0.717) is 37.6 Å². The van der Waals surface area contributed by atoms with E-state index in [0.717, 1.165) is 6.07 Å². The molecule has 0 bridgehead atoms. The first-order chi connectivity index (χ1) is 11.4. The highest BCUT2D eigenvalue weighted by molar-refractivity contribution is 14.0. The summed E-state index contributed by atoms with van der Waals surface area (Å²) < 4.78 is 31.2. The number of methoxy groups -OCH3 is 1. The summed E-state index contributed by atoms with van der Waals surface area (Å²) in [6.07, 6.45) is 0.470. The molecule has 2 atom stereocenters. The lowest BCUT2D eigenvalue weighted by Gasteiger charge is -2.21. The van der Waals surface area contributed by atoms with Crippen LogP contribution in [0.15, 0.2) is 23.2 Å². The van der Waals surface area contributed by atoms with Gasteiger partial charge in [0.15, 0.2) is 5.96 Å². The monoisotopic (exact) mass is 467 g/mol. The SMILES string of the molecule is CN=C(NCCc1cc(F)cc(F)c1)N1CC(C)C(C(=O)OC)C1.I. The van der Waals surface area contributed by atoms with E-state index in [1.807, 2.05) is 11.8 Å². The van der Waals surface area contributed by atoms with Gasteiger partial charge in [0, 0.05) is 32.7 Å². The van der Waals surface area contributed by atoms with Crippen molar-refractivity contribution in [3.63, 3.8) is 0 Å². The first kappa shape index (κ1) is 21.6. The van der Waals surface area contributed by atoms with Gasteiger partial charge < -0.3 is 15.0 Å². The largest absolute Gasteiger partial charge is 0.469 e. The van der Waals surface area contributed by atoms with Gasteiger partial charge in [-0.1, -0.05) is 6.92 Å². The summed E-state index contributed by atoms with van der Waals surface area (Å²) in [7, 11) is 3.06.